The molecule has 1 aromatic rings. The Bertz CT molecular complexity index is 1460. The minimum atomic E-state index is -2.68. The van der Waals surface area contributed by atoms with Gasteiger partial charge in [0.05, 0.1) is 31.4 Å². The van der Waals surface area contributed by atoms with Crippen LogP contribution in [0.2, 0.25) is 0 Å². The third-order valence-corrected chi connectivity index (χ3v) is 9.15. The number of hydrogen-bond acceptors (Lipinski definition) is 12. The molecule has 1 heterocycles. The molecule has 1 aromatic carbocycles. The molecule has 1 amide bonds. The molecule has 234 valence electrons. The Morgan fingerprint density at radius 3 is 2.28 bits per heavy atom. The highest BCUT2D eigenvalue weighted by molar-refractivity contribution is 6.24. The quantitative estimate of drug-likeness (QED) is 0.269. The number of amides is 1. The molecule has 1 saturated heterocycles. The molecule has 0 bridgehead atoms. The predicted octanol–water partition coefficient (Wildman–Crippen LogP) is 0.225. The number of phenolic OH excluding ortho intramolecular Hbond substituents is 1. The summed E-state index contributed by atoms with van der Waals surface area (Å²) < 4.78 is 11.4. The van der Waals surface area contributed by atoms with Gasteiger partial charge in [-0.05, 0) is 58.5 Å². The Kier molecular flexibility index (Phi) is 7.63. The van der Waals surface area contributed by atoms with Crippen LogP contribution in [0.5, 0.6) is 5.75 Å². The number of anilines is 1. The van der Waals surface area contributed by atoms with E-state index in [1.165, 1.54) is 4.90 Å². The van der Waals surface area contributed by atoms with Crippen molar-refractivity contribution in [1.29, 1.82) is 0 Å². The molecule has 2 unspecified atom stereocenters. The summed E-state index contributed by atoms with van der Waals surface area (Å²) in [6.07, 6.45) is 0.244. The number of ether oxygens (including phenoxy) is 2. The number of aromatic hydroxyl groups is 1. The van der Waals surface area contributed by atoms with Crippen LogP contribution in [0.1, 0.15) is 30.0 Å². The Labute approximate surface area is 249 Å². The van der Waals surface area contributed by atoms with Crippen LogP contribution in [0, 0.1) is 11.8 Å². The van der Waals surface area contributed by atoms with Crippen molar-refractivity contribution >= 4 is 28.9 Å². The SMILES string of the molecule is CN(Cc1cc(N(C)C)c2c(c1O)C(O)=C1C(=O)[C@]3(O)C(O)=C(C(N)=O)C(=O)[C@@H](N(C)C)C3CC1C2)CC1(C)OCCO1. The van der Waals surface area contributed by atoms with Crippen LogP contribution in [0.4, 0.5) is 5.69 Å². The van der Waals surface area contributed by atoms with Crippen LogP contribution in [-0.2, 0) is 36.8 Å². The number of carbonyl (C=O) groups is 3. The lowest BCUT2D eigenvalue weighted by atomic mass is 9.57. The van der Waals surface area contributed by atoms with E-state index in [0.29, 0.717) is 30.9 Å². The topological polar surface area (TPSA) is 186 Å². The normalized spacial score (nSPS) is 28.3. The van der Waals surface area contributed by atoms with Crippen LogP contribution in [-0.4, -0.2) is 120 Å². The molecule has 2 fully saturated rings. The number of hydrogen-bond donors (Lipinski definition) is 5. The Morgan fingerprint density at radius 1 is 1.09 bits per heavy atom. The maximum Gasteiger partial charge on any atom is 0.255 e. The highest BCUT2D eigenvalue weighted by atomic mass is 16.7. The first-order chi connectivity index (χ1) is 20.0. The molecule has 13 nitrogen and oxygen atoms in total. The second-order valence-electron chi connectivity index (χ2n) is 12.6. The zero-order chi connectivity index (χ0) is 31.8. The molecule has 43 heavy (non-hydrogen) atoms. The smallest absolute Gasteiger partial charge is 0.255 e. The number of nitrogens with two attached hydrogens (primary N) is 1. The third-order valence-electron chi connectivity index (χ3n) is 9.15. The summed E-state index contributed by atoms with van der Waals surface area (Å²) in [7, 11) is 8.65. The van der Waals surface area contributed by atoms with Crippen LogP contribution in [0.3, 0.4) is 0 Å². The van der Waals surface area contributed by atoms with Gasteiger partial charge < -0.3 is 40.5 Å². The second kappa shape index (κ2) is 10.6. The number of aliphatic hydroxyl groups is 3. The van der Waals surface area contributed by atoms with Gasteiger partial charge >= 0.3 is 0 Å². The number of carbonyl (C=O) groups excluding carboxylic acids is 3. The number of phenols is 1. The van der Waals surface area contributed by atoms with Crippen molar-refractivity contribution in [3.8, 4) is 5.75 Å². The first kappa shape index (κ1) is 31.0. The summed E-state index contributed by atoms with van der Waals surface area (Å²) >= 11 is 0. The highest BCUT2D eigenvalue weighted by Gasteiger charge is 2.64. The van der Waals surface area contributed by atoms with Crippen LogP contribution in [0.15, 0.2) is 23.0 Å². The van der Waals surface area contributed by atoms with E-state index in [0.717, 1.165) is 5.69 Å². The molecule has 4 aliphatic rings. The van der Waals surface area contributed by atoms with E-state index in [4.69, 9.17) is 15.2 Å². The number of primary amides is 1. The number of fused-ring (bicyclic) bond motifs is 3. The Morgan fingerprint density at radius 2 is 1.72 bits per heavy atom. The van der Waals surface area contributed by atoms with Gasteiger partial charge in [-0.2, -0.15) is 0 Å². The minimum absolute atomic E-state index is 0.0302. The van der Waals surface area contributed by atoms with Gasteiger partial charge in [-0.15, -0.1) is 0 Å². The number of rotatable bonds is 7. The number of benzene rings is 1. The fourth-order valence-electron chi connectivity index (χ4n) is 7.35. The molecule has 1 saturated carbocycles. The average Bonchev–Trinajstić information content (AvgIpc) is 3.32. The number of likely N-dealkylation sites (N-methyl/N-ethyl adjacent to an activating group) is 2. The molecular weight excluding hydrogens is 560 g/mol. The van der Waals surface area contributed by atoms with Gasteiger partial charge in [-0.25, -0.2) is 0 Å². The number of nitrogens with zero attached hydrogens (tertiary/aromatic N) is 3. The standard InChI is InChI=1S/C30H40N4O9/c1-29(42-7-8-43-29)13-34(6)12-15-11-18(32(2)3)16-9-14-10-17-22(33(4)5)25(37)21(28(31)40)27(39)30(17,41)26(38)19(14)24(36)20(16)23(15)35/h11,14,17,22,35-36,39,41H,7-10,12-13H2,1-6H3,(H2,31,40)/t14?,17?,22-,30-/m0/s1. The predicted molar refractivity (Wildman–Crippen MR) is 155 cm³/mol. The van der Waals surface area contributed by atoms with E-state index in [1.807, 2.05) is 43.9 Å². The lowest BCUT2D eigenvalue weighted by molar-refractivity contribution is -0.154. The maximum atomic E-state index is 14.1. The van der Waals surface area contributed by atoms with E-state index in [9.17, 15) is 34.8 Å². The van der Waals surface area contributed by atoms with Crippen molar-refractivity contribution < 1.29 is 44.3 Å². The van der Waals surface area contributed by atoms with E-state index in [2.05, 4.69) is 0 Å². The summed E-state index contributed by atoms with van der Waals surface area (Å²) in [5, 5.41) is 46.1. The van der Waals surface area contributed by atoms with Crippen molar-refractivity contribution in [2.24, 2.45) is 17.6 Å². The van der Waals surface area contributed by atoms with Crippen molar-refractivity contribution in [1.82, 2.24) is 9.80 Å². The van der Waals surface area contributed by atoms with Gasteiger partial charge in [-0.3, -0.25) is 24.2 Å². The molecule has 1 aliphatic heterocycles. The maximum absolute atomic E-state index is 14.1. The molecule has 3 aliphatic carbocycles. The van der Waals surface area contributed by atoms with E-state index < -0.39 is 63.8 Å². The molecule has 13 heteroatoms. The van der Waals surface area contributed by atoms with E-state index in [1.54, 1.807) is 14.1 Å². The number of aliphatic hydroxyl groups excluding tert-OH is 2. The summed E-state index contributed by atoms with van der Waals surface area (Å²) in [6, 6.07) is 0.704. The molecule has 5 rings (SSSR count). The minimum Gasteiger partial charge on any atom is -0.508 e. The summed E-state index contributed by atoms with van der Waals surface area (Å²) in [5.74, 6) is -7.52. The Hall–Kier alpha value is -3.49. The number of Topliss-reactive ketones (excluding diaryl/α,β-unsaturated/α-hetero) is 2. The molecule has 6 N–H and O–H groups in total. The van der Waals surface area contributed by atoms with Gasteiger partial charge in [0.15, 0.2) is 17.2 Å². The fourth-order valence-corrected chi connectivity index (χ4v) is 7.35. The van der Waals surface area contributed by atoms with Crippen LogP contribution < -0.4 is 10.6 Å². The van der Waals surface area contributed by atoms with Gasteiger partial charge in [0.25, 0.3) is 5.91 Å². The van der Waals surface area contributed by atoms with Crippen molar-refractivity contribution in [3.05, 3.63) is 39.7 Å². The first-order valence-electron chi connectivity index (χ1n) is 14.2. The van der Waals surface area contributed by atoms with Crippen LogP contribution in [0.25, 0.3) is 5.76 Å². The summed E-state index contributed by atoms with van der Waals surface area (Å²) in [5.41, 5.74) is 3.56. The fraction of sp³-hybridized carbons (Fsp3) is 0.567. The summed E-state index contributed by atoms with van der Waals surface area (Å²) in [4.78, 5) is 44.9. The van der Waals surface area contributed by atoms with E-state index in [-0.39, 0.29) is 36.3 Å². The second-order valence-corrected chi connectivity index (χ2v) is 12.6. The van der Waals surface area contributed by atoms with Gasteiger partial charge in [0, 0.05) is 43.4 Å². The zero-order valence-corrected chi connectivity index (χ0v) is 25.3. The molecule has 0 aromatic heterocycles. The zero-order valence-electron chi connectivity index (χ0n) is 25.3. The van der Waals surface area contributed by atoms with Gasteiger partial charge in [0.2, 0.25) is 5.78 Å². The first-order valence-corrected chi connectivity index (χ1v) is 14.2. The third kappa shape index (κ3) is 4.70. The molecule has 0 radical (unpaired) electrons. The lowest BCUT2D eigenvalue weighted by Crippen LogP contribution is -2.65. The van der Waals surface area contributed by atoms with Gasteiger partial charge in [0.1, 0.15) is 22.8 Å². The van der Waals surface area contributed by atoms with Crippen molar-refractivity contribution in [2.45, 2.75) is 43.7 Å². The van der Waals surface area contributed by atoms with Crippen LogP contribution >= 0.6 is 0 Å². The Balaban J connectivity index is 1.64. The molecular formula is C30H40N4O9. The molecule has 0 spiro atoms. The van der Waals surface area contributed by atoms with Crippen molar-refractivity contribution in [2.75, 3.05) is 59.9 Å². The highest BCUT2D eigenvalue weighted by Crippen LogP contribution is 2.54. The molecule has 4 atom stereocenters. The number of ketones is 2. The lowest BCUT2D eigenvalue weighted by Gasteiger charge is -2.50. The van der Waals surface area contributed by atoms with E-state index >= 15 is 0 Å². The van der Waals surface area contributed by atoms with Crippen molar-refractivity contribution in [3.63, 3.8) is 0 Å². The summed E-state index contributed by atoms with van der Waals surface area (Å²) in [6.45, 7) is 3.47. The monoisotopic (exact) mass is 600 g/mol. The largest absolute Gasteiger partial charge is 0.508 e. The average molecular weight is 601 g/mol. The van der Waals surface area contributed by atoms with Gasteiger partial charge in [-0.1, -0.05) is 0 Å².